The maximum atomic E-state index is 11.3. The van der Waals surface area contributed by atoms with E-state index in [9.17, 15) is 15.2 Å². The van der Waals surface area contributed by atoms with Crippen molar-refractivity contribution in [2.75, 3.05) is 37.7 Å². The van der Waals surface area contributed by atoms with Crippen LogP contribution in [-0.2, 0) is 0 Å². The Labute approximate surface area is 213 Å². The number of non-ortho nitro benzene ring substituents is 1. The van der Waals surface area contributed by atoms with Gasteiger partial charge in [0.15, 0.2) is 0 Å². The van der Waals surface area contributed by atoms with Gasteiger partial charge < -0.3 is 10.0 Å². The number of rotatable bonds is 9. The van der Waals surface area contributed by atoms with E-state index in [1.165, 1.54) is 5.69 Å². The molecule has 0 amide bonds. The first-order valence-corrected chi connectivity index (χ1v) is 12.7. The lowest BCUT2D eigenvalue weighted by atomic mass is 9.87. The first kappa shape index (κ1) is 25.6. The molecule has 0 bridgehead atoms. The highest BCUT2D eigenvalue weighted by molar-refractivity contribution is 5.98. The van der Waals surface area contributed by atoms with Gasteiger partial charge in [-0.3, -0.25) is 15.0 Å². The van der Waals surface area contributed by atoms with Crippen molar-refractivity contribution in [1.29, 1.82) is 0 Å². The zero-order valence-corrected chi connectivity index (χ0v) is 21.1. The summed E-state index contributed by atoms with van der Waals surface area (Å²) in [5.74, 6) is 0. The van der Waals surface area contributed by atoms with Crippen LogP contribution in [0.3, 0.4) is 0 Å². The highest BCUT2D eigenvalue weighted by Crippen LogP contribution is 2.36. The van der Waals surface area contributed by atoms with Gasteiger partial charge in [0.2, 0.25) is 0 Å². The molecular formula is C30H35N3O3. The minimum atomic E-state index is -0.370. The fourth-order valence-electron chi connectivity index (χ4n) is 4.91. The van der Waals surface area contributed by atoms with Crippen molar-refractivity contribution >= 4 is 22.5 Å². The summed E-state index contributed by atoms with van der Waals surface area (Å²) in [5.41, 5.74) is 6.53. The molecule has 0 atom stereocenters. The van der Waals surface area contributed by atoms with Crippen molar-refractivity contribution in [2.24, 2.45) is 0 Å². The van der Waals surface area contributed by atoms with Gasteiger partial charge >= 0.3 is 0 Å². The number of benzene rings is 3. The van der Waals surface area contributed by atoms with E-state index in [-0.39, 0.29) is 17.2 Å². The third-order valence-electron chi connectivity index (χ3n) is 6.94. The summed E-state index contributed by atoms with van der Waals surface area (Å²) in [6.45, 7) is 8.74. The van der Waals surface area contributed by atoms with Crippen LogP contribution in [0.4, 0.5) is 11.4 Å². The van der Waals surface area contributed by atoms with Crippen LogP contribution in [0.15, 0.2) is 78.9 Å². The molecule has 0 aromatic heterocycles. The van der Waals surface area contributed by atoms with Crippen molar-refractivity contribution in [3.63, 3.8) is 0 Å². The molecule has 3 aromatic rings. The second-order valence-electron chi connectivity index (χ2n) is 9.51. The predicted octanol–water partition coefficient (Wildman–Crippen LogP) is 5.86. The molecule has 1 aliphatic heterocycles. The van der Waals surface area contributed by atoms with Crippen LogP contribution < -0.4 is 4.90 Å². The molecule has 1 saturated heterocycles. The van der Waals surface area contributed by atoms with Gasteiger partial charge in [-0.25, -0.2) is 0 Å². The largest absolute Gasteiger partial charge is 0.396 e. The molecule has 0 radical (unpaired) electrons. The number of anilines is 1. The van der Waals surface area contributed by atoms with Crippen LogP contribution in [0.5, 0.6) is 0 Å². The summed E-state index contributed by atoms with van der Waals surface area (Å²) in [4.78, 5) is 15.8. The van der Waals surface area contributed by atoms with E-state index in [0.29, 0.717) is 18.9 Å². The molecule has 36 heavy (non-hydrogen) atoms. The van der Waals surface area contributed by atoms with Crippen molar-refractivity contribution in [1.82, 2.24) is 4.90 Å². The number of hydrogen-bond acceptors (Lipinski definition) is 5. The molecule has 6 nitrogen and oxygen atoms in total. The summed E-state index contributed by atoms with van der Waals surface area (Å²) < 4.78 is 0. The Kier molecular flexibility index (Phi) is 8.52. The normalized spacial score (nSPS) is 15.2. The van der Waals surface area contributed by atoms with Crippen LogP contribution in [0.25, 0.3) is 11.1 Å². The number of aliphatic hydroxyl groups excluding tert-OH is 1. The van der Waals surface area contributed by atoms with Crippen LogP contribution in [0, 0.1) is 10.1 Å². The highest BCUT2D eigenvalue weighted by atomic mass is 16.6. The molecule has 188 valence electrons. The Balaban J connectivity index is 1.74. The number of piperazine rings is 1. The lowest BCUT2D eigenvalue weighted by Gasteiger charge is -2.38. The van der Waals surface area contributed by atoms with Gasteiger partial charge in [0, 0.05) is 56.6 Å². The molecule has 0 aliphatic carbocycles. The van der Waals surface area contributed by atoms with Gasteiger partial charge in [-0.15, -0.1) is 0 Å². The van der Waals surface area contributed by atoms with E-state index in [1.54, 1.807) is 12.1 Å². The van der Waals surface area contributed by atoms with Gasteiger partial charge in [-0.05, 0) is 78.8 Å². The third kappa shape index (κ3) is 6.01. The van der Waals surface area contributed by atoms with E-state index in [1.807, 2.05) is 30.3 Å². The molecule has 0 saturated carbocycles. The SMILES string of the molecule is CC(C)N1CCN(c2ccc(C(=C(CCCO)c3ccccc3)c3ccc([N+](=O)[O-])cc3)cc2)CC1. The fourth-order valence-corrected chi connectivity index (χ4v) is 4.91. The van der Waals surface area contributed by atoms with Crippen molar-refractivity contribution in [3.05, 3.63) is 106 Å². The van der Waals surface area contributed by atoms with Crippen LogP contribution in [-0.4, -0.2) is 53.8 Å². The van der Waals surface area contributed by atoms with Gasteiger partial charge in [0.05, 0.1) is 4.92 Å². The summed E-state index contributed by atoms with van der Waals surface area (Å²) in [6, 6.07) is 26.2. The highest BCUT2D eigenvalue weighted by Gasteiger charge is 2.20. The van der Waals surface area contributed by atoms with Gasteiger partial charge in [0.25, 0.3) is 5.69 Å². The van der Waals surface area contributed by atoms with Crippen molar-refractivity contribution in [3.8, 4) is 0 Å². The first-order valence-electron chi connectivity index (χ1n) is 12.7. The number of nitro groups is 1. The molecule has 1 heterocycles. The second-order valence-corrected chi connectivity index (χ2v) is 9.51. The van der Waals surface area contributed by atoms with Crippen LogP contribution in [0.1, 0.15) is 43.4 Å². The Hall–Kier alpha value is -3.48. The molecule has 1 fully saturated rings. The number of nitrogens with zero attached hydrogens (tertiary/aromatic N) is 3. The minimum absolute atomic E-state index is 0.0746. The maximum Gasteiger partial charge on any atom is 0.269 e. The van der Waals surface area contributed by atoms with Gasteiger partial charge in [0.1, 0.15) is 0 Å². The Morgan fingerprint density at radius 2 is 1.44 bits per heavy atom. The Morgan fingerprint density at radius 3 is 1.97 bits per heavy atom. The Morgan fingerprint density at radius 1 is 0.861 bits per heavy atom. The fraction of sp³-hybridized carbons (Fsp3) is 0.333. The van der Waals surface area contributed by atoms with E-state index in [0.717, 1.165) is 54.0 Å². The third-order valence-corrected chi connectivity index (χ3v) is 6.94. The molecule has 6 heteroatoms. The summed E-state index contributed by atoms with van der Waals surface area (Å²) >= 11 is 0. The molecule has 0 spiro atoms. The van der Waals surface area contributed by atoms with Crippen molar-refractivity contribution < 1.29 is 10.0 Å². The molecule has 4 rings (SSSR count). The predicted molar refractivity (Wildman–Crippen MR) is 147 cm³/mol. The lowest BCUT2D eigenvalue weighted by molar-refractivity contribution is -0.384. The molecule has 1 aliphatic rings. The molecule has 3 aromatic carbocycles. The first-order chi connectivity index (χ1) is 17.5. The number of aliphatic hydroxyl groups is 1. The number of allylic oxidation sites excluding steroid dienone is 1. The average Bonchev–Trinajstić information content (AvgIpc) is 2.92. The molecular weight excluding hydrogens is 450 g/mol. The Bertz CT molecular complexity index is 1160. The lowest BCUT2D eigenvalue weighted by Crippen LogP contribution is -2.48. The monoisotopic (exact) mass is 485 g/mol. The summed E-state index contributed by atoms with van der Waals surface area (Å²) in [5, 5.41) is 20.9. The second kappa shape index (κ2) is 12.0. The van der Waals surface area contributed by atoms with E-state index >= 15 is 0 Å². The standard InChI is InChI=1S/C30H35N3O3/c1-23(2)31-18-20-32(21-19-31)27-14-10-25(11-15-27)30(26-12-16-28(17-13-26)33(35)36)29(9-6-22-34)24-7-4-3-5-8-24/h3-5,7-8,10-17,23,34H,6,9,18-22H2,1-2H3. The number of hydrogen-bond donors (Lipinski definition) is 1. The van der Waals surface area contributed by atoms with E-state index in [4.69, 9.17) is 0 Å². The summed E-state index contributed by atoms with van der Waals surface area (Å²) in [6.07, 6.45) is 1.34. The van der Waals surface area contributed by atoms with E-state index < -0.39 is 0 Å². The zero-order valence-electron chi connectivity index (χ0n) is 21.1. The van der Waals surface area contributed by atoms with Crippen molar-refractivity contribution in [2.45, 2.75) is 32.7 Å². The molecule has 0 unspecified atom stereocenters. The van der Waals surface area contributed by atoms with Gasteiger partial charge in [-0.2, -0.15) is 0 Å². The zero-order chi connectivity index (χ0) is 25.5. The van der Waals surface area contributed by atoms with E-state index in [2.05, 4.69) is 60.0 Å². The van der Waals surface area contributed by atoms with Crippen LogP contribution >= 0.6 is 0 Å². The maximum absolute atomic E-state index is 11.3. The summed E-state index contributed by atoms with van der Waals surface area (Å²) in [7, 11) is 0. The average molecular weight is 486 g/mol. The quantitative estimate of drug-likeness (QED) is 0.234. The molecule has 1 N–H and O–H groups in total. The minimum Gasteiger partial charge on any atom is -0.396 e. The topological polar surface area (TPSA) is 69.8 Å². The smallest absolute Gasteiger partial charge is 0.269 e. The number of nitro benzene ring substituents is 1. The van der Waals surface area contributed by atoms with Gasteiger partial charge in [-0.1, -0.05) is 42.5 Å². The van der Waals surface area contributed by atoms with Crippen LogP contribution in [0.2, 0.25) is 0 Å².